The number of carboxylic acid groups (broad SMARTS) is 1. The predicted molar refractivity (Wildman–Crippen MR) is 76.2 cm³/mol. The number of piperidine rings is 1. The highest BCUT2D eigenvalue weighted by atomic mass is 32.1. The number of carboxylic acids is 1. The summed E-state index contributed by atoms with van der Waals surface area (Å²) in [6.07, 6.45) is 3.33. The number of rotatable bonds is 3. The molecule has 2 fully saturated rings. The lowest BCUT2D eigenvalue weighted by molar-refractivity contribution is -0.143. The van der Waals surface area contributed by atoms with Gasteiger partial charge in [0.1, 0.15) is 6.04 Å². The normalized spacial score (nSPS) is 24.4. The number of carbonyl (C=O) groups is 2. The highest BCUT2D eigenvalue weighted by molar-refractivity contribution is 7.03. The van der Waals surface area contributed by atoms with Crippen LogP contribution in [0.5, 0.6) is 0 Å². The molecule has 8 heteroatoms. The lowest BCUT2D eigenvalue weighted by Gasteiger charge is -2.38. The Balaban J connectivity index is 1.58. The molecule has 0 radical (unpaired) electrons. The first kappa shape index (κ1) is 14.4. The average Bonchev–Trinajstić information content (AvgIpc) is 3.18. The van der Waals surface area contributed by atoms with E-state index in [1.54, 1.807) is 10.3 Å². The Bertz CT molecular complexity index is 513. The maximum atomic E-state index is 12.2. The molecule has 0 aromatic carbocycles. The minimum atomic E-state index is -0.723. The van der Waals surface area contributed by atoms with Gasteiger partial charge in [0, 0.05) is 24.5 Å². The SMILES string of the molecule is O=C(O)C1CCCN1C1CCN(C(=O)c2csnn2)CC1. The van der Waals surface area contributed by atoms with Crippen LogP contribution >= 0.6 is 11.5 Å². The molecule has 0 saturated carbocycles. The van der Waals surface area contributed by atoms with Gasteiger partial charge < -0.3 is 10.0 Å². The fourth-order valence-electron chi connectivity index (χ4n) is 3.31. The van der Waals surface area contributed by atoms with Crippen molar-refractivity contribution < 1.29 is 14.7 Å². The number of carbonyl (C=O) groups excluding carboxylic acids is 1. The minimum absolute atomic E-state index is 0.0709. The quantitative estimate of drug-likeness (QED) is 0.884. The van der Waals surface area contributed by atoms with Gasteiger partial charge in [0.15, 0.2) is 5.69 Å². The molecule has 3 heterocycles. The summed E-state index contributed by atoms with van der Waals surface area (Å²) in [6.45, 7) is 2.17. The largest absolute Gasteiger partial charge is 0.480 e. The average molecular weight is 310 g/mol. The van der Waals surface area contributed by atoms with Gasteiger partial charge in [-0.1, -0.05) is 4.49 Å². The third kappa shape index (κ3) is 2.91. The molecule has 1 N–H and O–H groups in total. The van der Waals surface area contributed by atoms with Crippen LogP contribution < -0.4 is 0 Å². The number of amides is 1. The van der Waals surface area contributed by atoms with E-state index in [2.05, 4.69) is 14.5 Å². The number of likely N-dealkylation sites (tertiary alicyclic amines) is 2. The third-order valence-electron chi connectivity index (χ3n) is 4.38. The summed E-state index contributed by atoms with van der Waals surface area (Å²) in [5.74, 6) is -0.794. The first-order valence-corrected chi connectivity index (χ1v) is 8.05. The fraction of sp³-hybridized carbons (Fsp3) is 0.692. The molecule has 2 aliphatic heterocycles. The summed E-state index contributed by atoms with van der Waals surface area (Å²) in [6, 6.07) is -0.0776. The molecule has 1 atom stereocenters. The maximum Gasteiger partial charge on any atom is 0.320 e. The zero-order valence-corrected chi connectivity index (χ0v) is 12.5. The second kappa shape index (κ2) is 6.07. The van der Waals surface area contributed by atoms with Crippen molar-refractivity contribution >= 4 is 23.4 Å². The lowest BCUT2D eigenvalue weighted by Crippen LogP contribution is -2.50. The summed E-state index contributed by atoms with van der Waals surface area (Å²) in [7, 11) is 0. The number of nitrogens with zero attached hydrogens (tertiary/aromatic N) is 4. The van der Waals surface area contributed by atoms with Crippen LogP contribution in [-0.4, -0.2) is 68.1 Å². The molecule has 114 valence electrons. The van der Waals surface area contributed by atoms with Crippen LogP contribution in [0.1, 0.15) is 36.2 Å². The Morgan fingerprint density at radius 1 is 1.24 bits per heavy atom. The van der Waals surface area contributed by atoms with E-state index < -0.39 is 5.97 Å². The molecule has 21 heavy (non-hydrogen) atoms. The van der Waals surface area contributed by atoms with E-state index in [1.165, 1.54) is 11.5 Å². The highest BCUT2D eigenvalue weighted by Gasteiger charge is 2.37. The second-order valence-electron chi connectivity index (χ2n) is 5.55. The first-order valence-electron chi connectivity index (χ1n) is 7.21. The van der Waals surface area contributed by atoms with Crippen LogP contribution in [0.15, 0.2) is 5.38 Å². The number of aliphatic carboxylic acids is 1. The summed E-state index contributed by atoms with van der Waals surface area (Å²) < 4.78 is 3.72. The van der Waals surface area contributed by atoms with Crippen molar-refractivity contribution in [2.24, 2.45) is 0 Å². The Hall–Kier alpha value is -1.54. The van der Waals surface area contributed by atoms with Crippen molar-refractivity contribution in [1.82, 2.24) is 19.4 Å². The number of hydrogen-bond donors (Lipinski definition) is 1. The molecule has 0 bridgehead atoms. The summed E-state index contributed by atoms with van der Waals surface area (Å²) in [5, 5.41) is 14.7. The van der Waals surface area contributed by atoms with Crippen LogP contribution in [-0.2, 0) is 4.79 Å². The summed E-state index contributed by atoms with van der Waals surface area (Å²) >= 11 is 1.17. The molecule has 3 rings (SSSR count). The van der Waals surface area contributed by atoms with Crippen LogP contribution in [0.25, 0.3) is 0 Å². The molecular formula is C13H18N4O3S. The molecule has 2 aliphatic rings. The van der Waals surface area contributed by atoms with Crippen LogP contribution in [0.3, 0.4) is 0 Å². The first-order chi connectivity index (χ1) is 10.2. The van der Waals surface area contributed by atoms with Crippen molar-refractivity contribution in [1.29, 1.82) is 0 Å². The van der Waals surface area contributed by atoms with Crippen molar-refractivity contribution in [2.45, 2.75) is 37.8 Å². The molecule has 1 aromatic rings. The Kier molecular flexibility index (Phi) is 4.16. The standard InChI is InChI=1S/C13H18N4O3S/c18-12(10-8-21-15-14-10)16-6-3-9(4-7-16)17-5-1-2-11(17)13(19)20/h8-9,11H,1-7H2,(H,19,20). The third-order valence-corrected chi connectivity index (χ3v) is 4.88. The highest BCUT2D eigenvalue weighted by Crippen LogP contribution is 2.26. The zero-order chi connectivity index (χ0) is 14.8. The monoisotopic (exact) mass is 310 g/mol. The van der Waals surface area contributed by atoms with Crippen LogP contribution in [0.4, 0.5) is 0 Å². The van der Waals surface area contributed by atoms with E-state index in [0.717, 1.165) is 32.2 Å². The van der Waals surface area contributed by atoms with Gasteiger partial charge in [0.05, 0.1) is 0 Å². The van der Waals surface area contributed by atoms with Crippen molar-refractivity contribution in [3.8, 4) is 0 Å². The van der Waals surface area contributed by atoms with E-state index in [1.807, 2.05) is 0 Å². The fourth-order valence-corrected chi connectivity index (χ4v) is 3.74. The Labute approximate surface area is 126 Å². The molecule has 2 saturated heterocycles. The van der Waals surface area contributed by atoms with Gasteiger partial charge in [-0.05, 0) is 43.8 Å². The lowest BCUT2D eigenvalue weighted by atomic mass is 10.0. The van der Waals surface area contributed by atoms with Crippen molar-refractivity contribution in [3.05, 3.63) is 11.1 Å². The van der Waals surface area contributed by atoms with Gasteiger partial charge in [-0.3, -0.25) is 14.5 Å². The van der Waals surface area contributed by atoms with Gasteiger partial charge >= 0.3 is 5.97 Å². The van der Waals surface area contributed by atoms with Gasteiger partial charge in [-0.15, -0.1) is 5.10 Å². The predicted octanol–water partition coefficient (Wildman–Crippen LogP) is 0.692. The van der Waals surface area contributed by atoms with Gasteiger partial charge in [0.25, 0.3) is 5.91 Å². The van der Waals surface area contributed by atoms with Crippen LogP contribution in [0, 0.1) is 0 Å². The second-order valence-corrected chi connectivity index (χ2v) is 6.16. The van der Waals surface area contributed by atoms with Crippen molar-refractivity contribution in [3.63, 3.8) is 0 Å². The van der Waals surface area contributed by atoms with Gasteiger partial charge in [-0.25, -0.2) is 0 Å². The Morgan fingerprint density at radius 2 is 2.00 bits per heavy atom. The van der Waals surface area contributed by atoms with E-state index in [9.17, 15) is 14.7 Å². The molecule has 1 unspecified atom stereocenters. The van der Waals surface area contributed by atoms with E-state index in [4.69, 9.17) is 0 Å². The summed E-state index contributed by atoms with van der Waals surface area (Å²) in [5.41, 5.74) is 0.406. The van der Waals surface area contributed by atoms with E-state index in [-0.39, 0.29) is 18.0 Å². The minimum Gasteiger partial charge on any atom is -0.480 e. The smallest absolute Gasteiger partial charge is 0.320 e. The molecule has 0 aliphatic carbocycles. The number of hydrogen-bond acceptors (Lipinski definition) is 6. The molecule has 0 spiro atoms. The van der Waals surface area contributed by atoms with Crippen molar-refractivity contribution in [2.75, 3.05) is 19.6 Å². The van der Waals surface area contributed by atoms with E-state index >= 15 is 0 Å². The molecule has 1 amide bonds. The Morgan fingerprint density at radius 3 is 2.62 bits per heavy atom. The zero-order valence-electron chi connectivity index (χ0n) is 11.6. The summed E-state index contributed by atoms with van der Waals surface area (Å²) in [4.78, 5) is 27.3. The molecule has 1 aromatic heterocycles. The maximum absolute atomic E-state index is 12.2. The van der Waals surface area contributed by atoms with Gasteiger partial charge in [0.2, 0.25) is 0 Å². The molecular weight excluding hydrogens is 292 g/mol. The van der Waals surface area contributed by atoms with Crippen LogP contribution in [0.2, 0.25) is 0 Å². The number of aromatic nitrogens is 2. The topological polar surface area (TPSA) is 86.6 Å². The van der Waals surface area contributed by atoms with E-state index in [0.29, 0.717) is 18.8 Å². The van der Waals surface area contributed by atoms with Gasteiger partial charge in [-0.2, -0.15) is 0 Å². The molecule has 7 nitrogen and oxygen atoms in total.